The summed E-state index contributed by atoms with van der Waals surface area (Å²) in [5.41, 5.74) is 2.28. The number of aromatic nitrogens is 1. The maximum Gasteiger partial charge on any atom is 0.0737 e. The third-order valence-corrected chi connectivity index (χ3v) is 3.61. The quantitative estimate of drug-likeness (QED) is 0.769. The number of piperidine rings is 1. The molecule has 1 aromatic carbocycles. The van der Waals surface area contributed by atoms with Gasteiger partial charge < -0.3 is 4.90 Å². The van der Waals surface area contributed by atoms with Crippen LogP contribution in [0, 0.1) is 0 Å². The molecule has 1 aliphatic rings. The van der Waals surface area contributed by atoms with Crippen LogP contribution in [0.2, 0.25) is 5.02 Å². The van der Waals surface area contributed by atoms with Gasteiger partial charge in [0.15, 0.2) is 0 Å². The van der Waals surface area contributed by atoms with Gasteiger partial charge in [0.1, 0.15) is 0 Å². The first kappa shape index (κ1) is 13.6. The average Bonchev–Trinajstić information content (AvgIpc) is 2.39. The first-order valence-electron chi connectivity index (χ1n) is 6.14. The van der Waals surface area contributed by atoms with E-state index in [1.165, 1.54) is 30.3 Å². The third-order valence-electron chi connectivity index (χ3n) is 3.38. The molecule has 0 saturated carbocycles. The lowest BCUT2D eigenvalue weighted by Crippen LogP contribution is -2.29. The van der Waals surface area contributed by atoms with Crippen molar-refractivity contribution in [2.24, 2.45) is 0 Å². The standard InChI is InChI=1S/C14H15ClN2.BrH/c15-11-4-5-12-13(10-11)16-7-6-14(12)17-8-2-1-3-9-17;/h4-7,10H,1-3,8-9H2;1H. The average molecular weight is 328 g/mol. The second kappa shape index (κ2) is 5.89. The number of rotatable bonds is 1. The van der Waals surface area contributed by atoms with Gasteiger partial charge >= 0.3 is 0 Å². The molecular weight excluding hydrogens is 312 g/mol. The molecule has 0 atom stereocenters. The van der Waals surface area contributed by atoms with Gasteiger partial charge in [-0.2, -0.15) is 0 Å². The Hall–Kier alpha value is -0.800. The van der Waals surface area contributed by atoms with Gasteiger partial charge in [-0.15, -0.1) is 17.0 Å². The van der Waals surface area contributed by atoms with Crippen LogP contribution in [0.5, 0.6) is 0 Å². The van der Waals surface area contributed by atoms with Crippen LogP contribution in [-0.4, -0.2) is 18.1 Å². The lowest BCUT2D eigenvalue weighted by Gasteiger charge is -2.29. The lowest BCUT2D eigenvalue weighted by molar-refractivity contribution is 0.579. The van der Waals surface area contributed by atoms with Crippen molar-refractivity contribution in [3.8, 4) is 0 Å². The summed E-state index contributed by atoms with van der Waals surface area (Å²) in [4.78, 5) is 6.85. The van der Waals surface area contributed by atoms with E-state index >= 15 is 0 Å². The molecule has 2 aromatic rings. The largest absolute Gasteiger partial charge is 0.371 e. The Morgan fingerprint density at radius 2 is 1.83 bits per heavy atom. The minimum absolute atomic E-state index is 0. The number of halogens is 2. The molecule has 0 amide bonds. The molecule has 1 saturated heterocycles. The molecule has 2 nitrogen and oxygen atoms in total. The van der Waals surface area contributed by atoms with Gasteiger partial charge in [0, 0.05) is 35.4 Å². The van der Waals surface area contributed by atoms with Crippen molar-refractivity contribution >= 4 is 45.2 Å². The van der Waals surface area contributed by atoms with Crippen LogP contribution in [0.25, 0.3) is 10.9 Å². The molecule has 1 fully saturated rings. The predicted molar refractivity (Wildman–Crippen MR) is 83.1 cm³/mol. The number of hydrogen-bond donors (Lipinski definition) is 0. The minimum atomic E-state index is 0. The fraction of sp³-hybridized carbons (Fsp3) is 0.357. The SMILES string of the molecule is Br.Clc1ccc2c(N3CCCCC3)ccnc2c1. The van der Waals surface area contributed by atoms with Crippen LogP contribution in [0.15, 0.2) is 30.5 Å². The Labute approximate surface area is 123 Å². The maximum absolute atomic E-state index is 6.00. The Morgan fingerprint density at radius 1 is 1.06 bits per heavy atom. The molecule has 96 valence electrons. The van der Waals surface area contributed by atoms with E-state index in [1.54, 1.807) is 0 Å². The number of hydrogen-bond acceptors (Lipinski definition) is 2. The van der Waals surface area contributed by atoms with Crippen LogP contribution >= 0.6 is 28.6 Å². The molecule has 2 heterocycles. The second-order valence-electron chi connectivity index (χ2n) is 4.54. The van der Waals surface area contributed by atoms with Crippen molar-refractivity contribution in [3.05, 3.63) is 35.5 Å². The molecular formula is C14H16BrClN2. The van der Waals surface area contributed by atoms with Crippen LogP contribution in [0.1, 0.15) is 19.3 Å². The summed E-state index contributed by atoms with van der Waals surface area (Å²) < 4.78 is 0. The minimum Gasteiger partial charge on any atom is -0.371 e. The molecule has 18 heavy (non-hydrogen) atoms. The Bertz CT molecular complexity index is 538. The first-order valence-corrected chi connectivity index (χ1v) is 6.51. The number of pyridine rings is 1. The Kier molecular flexibility index (Phi) is 4.46. The van der Waals surface area contributed by atoms with E-state index in [2.05, 4.69) is 22.0 Å². The molecule has 1 aromatic heterocycles. The third kappa shape index (κ3) is 2.62. The van der Waals surface area contributed by atoms with Gasteiger partial charge in [-0.05, 0) is 43.5 Å². The Balaban J connectivity index is 0.00000120. The van der Waals surface area contributed by atoms with Gasteiger partial charge in [-0.1, -0.05) is 11.6 Å². The zero-order chi connectivity index (χ0) is 11.7. The van der Waals surface area contributed by atoms with E-state index < -0.39 is 0 Å². The van der Waals surface area contributed by atoms with Gasteiger partial charge in [0.05, 0.1) is 5.52 Å². The van der Waals surface area contributed by atoms with E-state index in [0.717, 1.165) is 23.6 Å². The summed E-state index contributed by atoms with van der Waals surface area (Å²) in [6.45, 7) is 2.31. The molecule has 0 spiro atoms. The molecule has 4 heteroatoms. The summed E-state index contributed by atoms with van der Waals surface area (Å²) in [6, 6.07) is 8.07. The van der Waals surface area contributed by atoms with Crippen molar-refractivity contribution in [2.45, 2.75) is 19.3 Å². The van der Waals surface area contributed by atoms with Crippen molar-refractivity contribution in [1.29, 1.82) is 0 Å². The summed E-state index contributed by atoms with van der Waals surface area (Å²) in [6.07, 6.45) is 5.81. The molecule has 0 N–H and O–H groups in total. The van der Waals surface area contributed by atoms with Crippen molar-refractivity contribution in [1.82, 2.24) is 4.98 Å². The van der Waals surface area contributed by atoms with Crippen molar-refractivity contribution in [2.75, 3.05) is 18.0 Å². The van der Waals surface area contributed by atoms with E-state index in [-0.39, 0.29) is 17.0 Å². The van der Waals surface area contributed by atoms with Gasteiger partial charge in [-0.25, -0.2) is 0 Å². The predicted octanol–water partition coefficient (Wildman–Crippen LogP) is 4.46. The van der Waals surface area contributed by atoms with Crippen molar-refractivity contribution in [3.63, 3.8) is 0 Å². The topological polar surface area (TPSA) is 16.1 Å². The highest BCUT2D eigenvalue weighted by Crippen LogP contribution is 2.29. The van der Waals surface area contributed by atoms with E-state index in [0.29, 0.717) is 0 Å². The number of fused-ring (bicyclic) bond motifs is 1. The summed E-state index contributed by atoms with van der Waals surface area (Å²) in [5.74, 6) is 0. The Morgan fingerprint density at radius 3 is 2.61 bits per heavy atom. The van der Waals surface area contributed by atoms with Gasteiger partial charge in [-0.3, -0.25) is 4.98 Å². The van der Waals surface area contributed by atoms with Gasteiger partial charge in [0.2, 0.25) is 0 Å². The molecule has 0 bridgehead atoms. The van der Waals surface area contributed by atoms with Gasteiger partial charge in [0.25, 0.3) is 0 Å². The number of benzene rings is 1. The smallest absolute Gasteiger partial charge is 0.0737 e. The molecule has 0 unspecified atom stereocenters. The monoisotopic (exact) mass is 326 g/mol. The molecule has 3 rings (SSSR count). The van der Waals surface area contributed by atoms with Crippen LogP contribution in [0.3, 0.4) is 0 Å². The van der Waals surface area contributed by atoms with E-state index in [1.807, 2.05) is 18.3 Å². The molecule has 0 radical (unpaired) electrons. The highest BCUT2D eigenvalue weighted by molar-refractivity contribution is 8.93. The van der Waals surface area contributed by atoms with Crippen LogP contribution in [-0.2, 0) is 0 Å². The fourth-order valence-corrected chi connectivity index (χ4v) is 2.68. The van der Waals surface area contributed by atoms with Crippen LogP contribution in [0.4, 0.5) is 5.69 Å². The normalized spacial score (nSPS) is 15.5. The highest BCUT2D eigenvalue weighted by Gasteiger charge is 2.13. The summed E-state index contributed by atoms with van der Waals surface area (Å²) >= 11 is 6.00. The lowest BCUT2D eigenvalue weighted by atomic mass is 10.1. The zero-order valence-electron chi connectivity index (χ0n) is 10.1. The second-order valence-corrected chi connectivity index (χ2v) is 4.98. The number of anilines is 1. The highest BCUT2D eigenvalue weighted by atomic mass is 79.9. The zero-order valence-corrected chi connectivity index (χ0v) is 12.6. The maximum atomic E-state index is 6.00. The van der Waals surface area contributed by atoms with Crippen LogP contribution < -0.4 is 4.90 Å². The summed E-state index contributed by atoms with van der Waals surface area (Å²) in [5, 5.41) is 1.96. The number of nitrogens with zero attached hydrogens (tertiary/aromatic N) is 2. The molecule has 0 aliphatic carbocycles. The fourth-order valence-electron chi connectivity index (χ4n) is 2.52. The summed E-state index contributed by atoms with van der Waals surface area (Å²) in [7, 11) is 0. The molecule has 1 aliphatic heterocycles. The van der Waals surface area contributed by atoms with E-state index in [9.17, 15) is 0 Å². The first-order chi connectivity index (χ1) is 8.34. The van der Waals surface area contributed by atoms with Crippen molar-refractivity contribution < 1.29 is 0 Å². The van der Waals surface area contributed by atoms with E-state index in [4.69, 9.17) is 11.6 Å².